The molecule has 0 aliphatic carbocycles. The number of nitrogens with zero attached hydrogens (tertiary/aromatic N) is 2. The minimum absolute atomic E-state index is 0.149. The number of rotatable bonds is 1. The first kappa shape index (κ1) is 13.2. The quantitative estimate of drug-likeness (QED) is 0.718. The Morgan fingerprint density at radius 3 is 2.24 bits per heavy atom. The zero-order valence-electron chi connectivity index (χ0n) is 11.1. The molecule has 0 unspecified atom stereocenters. The van der Waals surface area contributed by atoms with Gasteiger partial charge in [0, 0.05) is 15.4 Å². The first-order valence-corrected chi connectivity index (χ1v) is 7.24. The first-order valence-electron chi connectivity index (χ1n) is 6.42. The maximum atomic E-state index is 9.19. The van der Waals surface area contributed by atoms with E-state index in [0.717, 1.165) is 20.9 Å². The topological polar surface area (TPSA) is 47.6 Å². The molecule has 0 amide bonds. The number of hydrogen-bond acceptors (Lipinski definition) is 3. The van der Waals surface area contributed by atoms with E-state index in [1.807, 2.05) is 72.8 Å². The molecule has 0 radical (unpaired) electrons. The maximum Gasteiger partial charge on any atom is 0.137 e. The van der Waals surface area contributed by atoms with E-state index < -0.39 is 0 Å². The largest absolute Gasteiger partial charge is 0.192 e. The van der Waals surface area contributed by atoms with Crippen molar-refractivity contribution in [1.29, 1.82) is 10.5 Å². The summed E-state index contributed by atoms with van der Waals surface area (Å²) in [6.45, 7) is 0. The average molecular weight is 286 g/mol. The monoisotopic (exact) mass is 286 g/mol. The highest BCUT2D eigenvalue weighted by Crippen LogP contribution is 2.45. The molecule has 0 aromatic heterocycles. The number of nitriles is 2. The molecule has 1 aliphatic heterocycles. The van der Waals surface area contributed by atoms with Crippen LogP contribution < -0.4 is 0 Å². The van der Waals surface area contributed by atoms with E-state index in [9.17, 15) is 10.5 Å². The van der Waals surface area contributed by atoms with Gasteiger partial charge in [-0.25, -0.2) is 0 Å². The van der Waals surface area contributed by atoms with Crippen molar-refractivity contribution in [2.24, 2.45) is 0 Å². The number of thioether (sulfide) groups is 1. The highest BCUT2D eigenvalue weighted by molar-refractivity contribution is 8.08. The van der Waals surface area contributed by atoms with Gasteiger partial charge in [0.1, 0.15) is 17.7 Å². The van der Waals surface area contributed by atoms with Crippen molar-refractivity contribution in [2.75, 3.05) is 0 Å². The zero-order valence-corrected chi connectivity index (χ0v) is 11.9. The van der Waals surface area contributed by atoms with Crippen LogP contribution in [0, 0.1) is 22.7 Å². The van der Waals surface area contributed by atoms with Crippen molar-refractivity contribution in [3.05, 3.63) is 77.4 Å². The Bertz CT molecular complexity index is 818. The van der Waals surface area contributed by atoms with E-state index in [2.05, 4.69) is 0 Å². The van der Waals surface area contributed by atoms with Crippen LogP contribution in [0.2, 0.25) is 0 Å². The van der Waals surface area contributed by atoms with Crippen LogP contribution >= 0.6 is 11.8 Å². The molecule has 0 bridgehead atoms. The van der Waals surface area contributed by atoms with Gasteiger partial charge in [-0.2, -0.15) is 10.5 Å². The van der Waals surface area contributed by atoms with Crippen LogP contribution in [0.5, 0.6) is 0 Å². The van der Waals surface area contributed by atoms with E-state index >= 15 is 0 Å². The molecule has 2 nitrogen and oxygen atoms in total. The van der Waals surface area contributed by atoms with Crippen LogP contribution in [0.1, 0.15) is 11.1 Å². The molecule has 21 heavy (non-hydrogen) atoms. The SMILES string of the molecule is N#CC(C#N)=C1C=C(c2ccccc2)Sc2ccccc21. The van der Waals surface area contributed by atoms with Crippen molar-refractivity contribution in [1.82, 2.24) is 0 Å². The summed E-state index contributed by atoms with van der Waals surface area (Å²) in [5.74, 6) is 0. The van der Waals surface area contributed by atoms with Gasteiger partial charge in [0.15, 0.2) is 0 Å². The minimum Gasteiger partial charge on any atom is -0.192 e. The first-order chi connectivity index (χ1) is 10.3. The van der Waals surface area contributed by atoms with E-state index in [1.54, 1.807) is 11.8 Å². The van der Waals surface area contributed by atoms with Crippen LogP contribution in [0.4, 0.5) is 0 Å². The highest BCUT2D eigenvalue weighted by atomic mass is 32.2. The molecular formula is C18H10N2S. The summed E-state index contributed by atoms with van der Waals surface area (Å²) < 4.78 is 0. The minimum atomic E-state index is 0.149. The second-order valence-electron chi connectivity index (χ2n) is 4.49. The van der Waals surface area contributed by atoms with Crippen molar-refractivity contribution in [3.63, 3.8) is 0 Å². The highest BCUT2D eigenvalue weighted by Gasteiger charge is 2.19. The number of hydrogen-bond donors (Lipinski definition) is 0. The van der Waals surface area contributed by atoms with Gasteiger partial charge in [0.25, 0.3) is 0 Å². The predicted octanol–water partition coefficient (Wildman–Crippen LogP) is 4.63. The van der Waals surface area contributed by atoms with Crippen LogP contribution in [0.15, 0.2) is 71.1 Å². The third-order valence-corrected chi connectivity index (χ3v) is 4.37. The van der Waals surface area contributed by atoms with Gasteiger partial charge in [-0.1, -0.05) is 60.3 Å². The molecule has 2 aromatic carbocycles. The molecule has 0 saturated heterocycles. The third-order valence-electron chi connectivity index (χ3n) is 3.22. The second-order valence-corrected chi connectivity index (χ2v) is 5.57. The third kappa shape index (κ3) is 2.48. The lowest BCUT2D eigenvalue weighted by Crippen LogP contribution is -1.96. The number of fused-ring (bicyclic) bond motifs is 1. The van der Waals surface area contributed by atoms with Gasteiger partial charge in [0.2, 0.25) is 0 Å². The molecule has 2 aromatic rings. The van der Waals surface area contributed by atoms with Gasteiger partial charge in [-0.05, 0) is 23.3 Å². The molecular weight excluding hydrogens is 276 g/mol. The summed E-state index contributed by atoms with van der Waals surface area (Å²) in [5, 5.41) is 18.4. The number of allylic oxidation sites excluding steroid dienone is 3. The van der Waals surface area contributed by atoms with Gasteiger partial charge >= 0.3 is 0 Å². The van der Waals surface area contributed by atoms with Crippen LogP contribution in [0.3, 0.4) is 0 Å². The fourth-order valence-corrected chi connectivity index (χ4v) is 3.33. The Balaban J connectivity index is 2.23. The molecule has 0 saturated carbocycles. The Labute approximate surface area is 127 Å². The normalized spacial score (nSPS) is 12.7. The molecule has 0 fully saturated rings. The summed E-state index contributed by atoms with van der Waals surface area (Å²) in [6, 6.07) is 21.9. The molecule has 0 N–H and O–H groups in total. The lowest BCUT2D eigenvalue weighted by Gasteiger charge is -2.19. The van der Waals surface area contributed by atoms with E-state index in [0.29, 0.717) is 5.57 Å². The lowest BCUT2D eigenvalue weighted by molar-refractivity contribution is 1.38. The second kappa shape index (κ2) is 5.71. The van der Waals surface area contributed by atoms with Crippen LogP contribution in [-0.2, 0) is 0 Å². The summed E-state index contributed by atoms with van der Waals surface area (Å²) in [6.07, 6.45) is 1.93. The fraction of sp³-hybridized carbons (Fsp3) is 0. The molecule has 0 atom stereocenters. The zero-order chi connectivity index (χ0) is 14.7. The molecule has 1 heterocycles. The average Bonchev–Trinajstić information content (AvgIpc) is 2.56. The van der Waals surface area contributed by atoms with E-state index in [1.165, 1.54) is 0 Å². The van der Waals surface area contributed by atoms with Gasteiger partial charge in [0.05, 0.1) is 0 Å². The standard InChI is InChI=1S/C18H10N2S/c19-11-14(12-20)16-10-18(13-6-2-1-3-7-13)21-17-9-5-4-8-15(16)17/h1-10H. The summed E-state index contributed by atoms with van der Waals surface area (Å²) >= 11 is 1.66. The summed E-state index contributed by atoms with van der Waals surface area (Å²) in [7, 11) is 0. The van der Waals surface area contributed by atoms with Crippen LogP contribution in [0.25, 0.3) is 10.5 Å². The Hall–Kier alpha value is -2.75. The Morgan fingerprint density at radius 2 is 1.52 bits per heavy atom. The van der Waals surface area contributed by atoms with Crippen LogP contribution in [-0.4, -0.2) is 0 Å². The van der Waals surface area contributed by atoms with Crippen molar-refractivity contribution < 1.29 is 0 Å². The van der Waals surface area contributed by atoms with E-state index in [-0.39, 0.29) is 5.57 Å². The molecule has 98 valence electrons. The fourth-order valence-electron chi connectivity index (χ4n) is 2.23. The summed E-state index contributed by atoms with van der Waals surface area (Å²) in [5.41, 5.74) is 2.88. The van der Waals surface area contributed by atoms with E-state index in [4.69, 9.17) is 0 Å². The smallest absolute Gasteiger partial charge is 0.137 e. The lowest BCUT2D eigenvalue weighted by atomic mass is 9.99. The van der Waals surface area contributed by atoms with Crippen molar-refractivity contribution >= 4 is 22.2 Å². The van der Waals surface area contributed by atoms with Crippen molar-refractivity contribution in [3.8, 4) is 12.1 Å². The predicted molar refractivity (Wildman–Crippen MR) is 84.9 cm³/mol. The Morgan fingerprint density at radius 1 is 0.857 bits per heavy atom. The molecule has 3 rings (SSSR count). The Kier molecular flexibility index (Phi) is 3.60. The maximum absolute atomic E-state index is 9.19. The van der Waals surface area contributed by atoms with Gasteiger partial charge in [-0.15, -0.1) is 0 Å². The van der Waals surface area contributed by atoms with Crippen molar-refractivity contribution in [2.45, 2.75) is 4.90 Å². The molecule has 0 spiro atoms. The summed E-state index contributed by atoms with van der Waals surface area (Å²) in [4.78, 5) is 2.11. The van der Waals surface area contributed by atoms with Gasteiger partial charge < -0.3 is 0 Å². The molecule has 3 heteroatoms. The molecule has 1 aliphatic rings. The number of benzene rings is 2. The van der Waals surface area contributed by atoms with Gasteiger partial charge in [-0.3, -0.25) is 0 Å².